The zero-order chi connectivity index (χ0) is 20.7. The Morgan fingerprint density at radius 3 is 2.79 bits per heavy atom. The monoisotopic (exact) mass is 386 g/mol. The summed E-state index contributed by atoms with van der Waals surface area (Å²) >= 11 is 0. The molecule has 7 heteroatoms. The van der Waals surface area contributed by atoms with Gasteiger partial charge in [-0.05, 0) is 51.0 Å². The number of anilines is 1. The summed E-state index contributed by atoms with van der Waals surface area (Å²) < 4.78 is 5.14. The number of rotatable bonds is 9. The molecule has 0 saturated heterocycles. The molecule has 0 atom stereocenters. The zero-order valence-electron chi connectivity index (χ0n) is 17.1. The quantitative estimate of drug-likeness (QED) is 0.631. The van der Waals surface area contributed by atoms with Crippen molar-refractivity contribution in [1.82, 2.24) is 4.90 Å². The molecule has 0 radical (unpaired) electrons. The standard InChI is InChI=1S/C21H30N4O3/c1-6-24(15-16(2)22)18-10-8-17(14-19(18)26)9-11-20-23-28-21(3,4)25(20)12-7-13-27-5/h6,8-11,14-15,26H,1,7,12-13,22H2,2-5H3/b11-9+,16-15-. The molecule has 1 aromatic rings. The summed E-state index contributed by atoms with van der Waals surface area (Å²) in [6.07, 6.45) is 7.93. The average molecular weight is 386 g/mol. The molecule has 1 aliphatic heterocycles. The lowest BCUT2D eigenvalue weighted by Crippen LogP contribution is -2.44. The van der Waals surface area contributed by atoms with Crippen molar-refractivity contribution in [1.29, 1.82) is 0 Å². The number of nitrogens with two attached hydrogens (primary N) is 1. The number of allylic oxidation sites excluding steroid dienone is 1. The molecule has 28 heavy (non-hydrogen) atoms. The Morgan fingerprint density at radius 1 is 1.43 bits per heavy atom. The number of benzene rings is 1. The molecule has 1 aliphatic rings. The van der Waals surface area contributed by atoms with Gasteiger partial charge in [0.2, 0.25) is 5.72 Å². The normalized spacial score (nSPS) is 16.2. The van der Waals surface area contributed by atoms with Crippen LogP contribution < -0.4 is 10.6 Å². The van der Waals surface area contributed by atoms with Crippen molar-refractivity contribution in [2.24, 2.45) is 10.9 Å². The van der Waals surface area contributed by atoms with Gasteiger partial charge in [0.05, 0.1) is 5.69 Å². The van der Waals surface area contributed by atoms with E-state index in [1.54, 1.807) is 37.4 Å². The third kappa shape index (κ3) is 5.29. The second kappa shape index (κ2) is 9.32. The minimum atomic E-state index is -0.504. The van der Waals surface area contributed by atoms with E-state index in [2.05, 4.69) is 16.6 Å². The van der Waals surface area contributed by atoms with Crippen molar-refractivity contribution in [3.63, 3.8) is 0 Å². The van der Waals surface area contributed by atoms with Crippen LogP contribution >= 0.6 is 0 Å². The van der Waals surface area contributed by atoms with Crippen LogP contribution in [0.3, 0.4) is 0 Å². The predicted octanol–water partition coefficient (Wildman–Crippen LogP) is 3.59. The summed E-state index contributed by atoms with van der Waals surface area (Å²) in [4.78, 5) is 9.31. The fraction of sp³-hybridized carbons (Fsp3) is 0.381. The third-order valence-electron chi connectivity index (χ3n) is 4.26. The zero-order valence-corrected chi connectivity index (χ0v) is 17.1. The first-order valence-corrected chi connectivity index (χ1v) is 9.17. The molecule has 3 N–H and O–H groups in total. The maximum absolute atomic E-state index is 10.4. The van der Waals surface area contributed by atoms with Crippen molar-refractivity contribution in [3.8, 4) is 5.75 Å². The molecule has 0 amide bonds. The molecule has 0 spiro atoms. The summed E-state index contributed by atoms with van der Waals surface area (Å²) in [5, 5.41) is 14.6. The smallest absolute Gasteiger partial charge is 0.205 e. The van der Waals surface area contributed by atoms with Gasteiger partial charge in [0.15, 0.2) is 5.84 Å². The molecule has 152 valence electrons. The molecule has 0 aromatic heterocycles. The van der Waals surface area contributed by atoms with E-state index in [9.17, 15) is 5.11 Å². The number of ether oxygens (including phenoxy) is 1. The minimum Gasteiger partial charge on any atom is -0.506 e. The maximum atomic E-state index is 10.4. The van der Waals surface area contributed by atoms with Crippen LogP contribution in [0.25, 0.3) is 6.08 Å². The average Bonchev–Trinajstić information content (AvgIpc) is 2.92. The van der Waals surface area contributed by atoms with Gasteiger partial charge in [0, 0.05) is 38.4 Å². The van der Waals surface area contributed by atoms with Crippen LogP contribution in [0, 0.1) is 0 Å². The molecule has 0 fully saturated rings. The van der Waals surface area contributed by atoms with E-state index in [1.165, 1.54) is 0 Å². The Morgan fingerprint density at radius 2 is 2.18 bits per heavy atom. The van der Waals surface area contributed by atoms with Gasteiger partial charge in [-0.2, -0.15) is 0 Å². The van der Waals surface area contributed by atoms with Crippen molar-refractivity contribution in [2.45, 2.75) is 32.9 Å². The van der Waals surface area contributed by atoms with Crippen molar-refractivity contribution in [3.05, 3.63) is 54.5 Å². The SMILES string of the molecule is C=CN(/C=C(/C)N)c1ccc(/C=C/C2=NOC(C)(C)N2CCCOC)cc1O. The topological polar surface area (TPSA) is 83.5 Å². The number of hydrogen-bond donors (Lipinski definition) is 2. The molecule has 1 heterocycles. The second-order valence-electron chi connectivity index (χ2n) is 7.03. The number of methoxy groups -OCH3 is 1. The number of hydrogen-bond acceptors (Lipinski definition) is 7. The Kier molecular flexibility index (Phi) is 7.12. The molecule has 0 bridgehead atoms. The number of amidine groups is 1. The van der Waals surface area contributed by atoms with Crippen molar-refractivity contribution < 1.29 is 14.7 Å². The van der Waals surface area contributed by atoms with Crippen molar-refractivity contribution in [2.75, 3.05) is 25.2 Å². The Hall–Kier alpha value is -2.93. The minimum absolute atomic E-state index is 0.126. The van der Waals surface area contributed by atoms with Gasteiger partial charge in [-0.1, -0.05) is 23.9 Å². The van der Waals surface area contributed by atoms with Crippen LogP contribution in [-0.2, 0) is 9.57 Å². The van der Waals surface area contributed by atoms with E-state index in [0.29, 0.717) is 18.0 Å². The van der Waals surface area contributed by atoms with Crippen LogP contribution in [0.15, 0.2) is 54.1 Å². The lowest BCUT2D eigenvalue weighted by molar-refractivity contribution is -0.0696. The van der Waals surface area contributed by atoms with Crippen LogP contribution in [0.2, 0.25) is 0 Å². The van der Waals surface area contributed by atoms with Crippen LogP contribution in [0.4, 0.5) is 5.69 Å². The first-order valence-electron chi connectivity index (χ1n) is 9.17. The molecular formula is C21H30N4O3. The summed E-state index contributed by atoms with van der Waals surface area (Å²) in [7, 11) is 1.69. The van der Waals surface area contributed by atoms with Gasteiger partial charge in [0.1, 0.15) is 5.75 Å². The number of oxime groups is 1. The van der Waals surface area contributed by atoms with Crippen LogP contribution in [0.5, 0.6) is 5.75 Å². The number of phenolic OH excluding ortho intramolecular Hbond substituents is 1. The predicted molar refractivity (Wildman–Crippen MR) is 114 cm³/mol. The van der Waals surface area contributed by atoms with E-state index in [4.69, 9.17) is 15.3 Å². The Labute approximate surface area is 167 Å². The summed E-state index contributed by atoms with van der Waals surface area (Å²) in [6.45, 7) is 10.9. The molecular weight excluding hydrogens is 356 g/mol. The van der Waals surface area contributed by atoms with Gasteiger partial charge in [-0.15, -0.1) is 0 Å². The molecule has 0 aliphatic carbocycles. The highest BCUT2D eigenvalue weighted by molar-refractivity contribution is 5.97. The van der Waals surface area contributed by atoms with E-state index in [-0.39, 0.29) is 5.75 Å². The molecule has 0 unspecified atom stereocenters. The van der Waals surface area contributed by atoms with E-state index in [0.717, 1.165) is 24.4 Å². The van der Waals surface area contributed by atoms with Crippen LogP contribution in [-0.4, -0.2) is 41.8 Å². The highest BCUT2D eigenvalue weighted by Gasteiger charge is 2.35. The summed E-state index contributed by atoms with van der Waals surface area (Å²) in [5.74, 6) is 0.862. The third-order valence-corrected chi connectivity index (χ3v) is 4.26. The van der Waals surface area contributed by atoms with E-state index >= 15 is 0 Å². The maximum Gasteiger partial charge on any atom is 0.205 e. The summed E-state index contributed by atoms with van der Waals surface area (Å²) in [5.41, 5.74) is 7.26. The fourth-order valence-corrected chi connectivity index (χ4v) is 2.88. The molecule has 0 saturated carbocycles. The fourth-order valence-electron chi connectivity index (χ4n) is 2.88. The Bertz CT molecular complexity index is 780. The number of nitrogens with zero attached hydrogens (tertiary/aromatic N) is 3. The van der Waals surface area contributed by atoms with Gasteiger partial charge in [0.25, 0.3) is 0 Å². The first-order chi connectivity index (χ1) is 13.3. The second-order valence-corrected chi connectivity index (χ2v) is 7.03. The Balaban J connectivity index is 2.16. The van der Waals surface area contributed by atoms with Gasteiger partial charge < -0.3 is 30.2 Å². The summed E-state index contributed by atoms with van der Waals surface area (Å²) in [6, 6.07) is 5.39. The first kappa shape index (κ1) is 21.4. The van der Waals surface area contributed by atoms with Gasteiger partial charge >= 0.3 is 0 Å². The highest BCUT2D eigenvalue weighted by Crippen LogP contribution is 2.30. The number of phenols is 1. The number of aromatic hydroxyl groups is 1. The van der Waals surface area contributed by atoms with Gasteiger partial charge in [-0.3, -0.25) is 0 Å². The van der Waals surface area contributed by atoms with Crippen molar-refractivity contribution >= 4 is 17.6 Å². The lowest BCUT2D eigenvalue weighted by atomic mass is 10.1. The van der Waals surface area contributed by atoms with E-state index < -0.39 is 5.72 Å². The lowest BCUT2D eigenvalue weighted by Gasteiger charge is -2.30. The van der Waals surface area contributed by atoms with Crippen LogP contribution in [0.1, 0.15) is 32.8 Å². The van der Waals surface area contributed by atoms with E-state index in [1.807, 2.05) is 38.1 Å². The molecule has 1 aromatic carbocycles. The van der Waals surface area contributed by atoms with Gasteiger partial charge in [-0.25, -0.2) is 0 Å². The molecule has 2 rings (SSSR count). The highest BCUT2D eigenvalue weighted by atomic mass is 16.7. The largest absolute Gasteiger partial charge is 0.506 e. The molecule has 7 nitrogen and oxygen atoms in total.